The highest BCUT2D eigenvalue weighted by molar-refractivity contribution is 6.30. The van der Waals surface area contributed by atoms with Gasteiger partial charge in [-0.25, -0.2) is 0 Å². The van der Waals surface area contributed by atoms with Crippen LogP contribution in [0.15, 0.2) is 42.5 Å². The molecule has 1 heterocycles. The summed E-state index contributed by atoms with van der Waals surface area (Å²) in [6.45, 7) is 4.50. The molecule has 0 aliphatic carbocycles. The zero-order chi connectivity index (χ0) is 21.5. The number of benzene rings is 2. The highest BCUT2D eigenvalue weighted by Crippen LogP contribution is 2.28. The Balaban J connectivity index is 1.51. The number of hydrogen-bond donors (Lipinski definition) is 1. The molecule has 3 rings (SSSR count). The number of halogens is 1. The van der Waals surface area contributed by atoms with Gasteiger partial charge in [0.15, 0.2) is 11.5 Å². The molecule has 6 nitrogen and oxygen atoms in total. The predicted molar refractivity (Wildman–Crippen MR) is 117 cm³/mol. The molecule has 1 aliphatic rings. The fourth-order valence-corrected chi connectivity index (χ4v) is 3.71. The largest absolute Gasteiger partial charge is 0.493 e. The number of nitrogens with zero attached hydrogens (tertiary/aromatic N) is 1. The van der Waals surface area contributed by atoms with Crippen molar-refractivity contribution >= 4 is 17.5 Å². The molecule has 0 aromatic heterocycles. The molecule has 162 valence electrons. The first-order chi connectivity index (χ1) is 14.5. The average molecular weight is 433 g/mol. The second-order valence-corrected chi connectivity index (χ2v) is 7.75. The van der Waals surface area contributed by atoms with Crippen molar-refractivity contribution in [2.45, 2.75) is 25.5 Å². The predicted octanol–water partition coefficient (Wildman–Crippen LogP) is 3.48. The van der Waals surface area contributed by atoms with Gasteiger partial charge in [-0.1, -0.05) is 29.8 Å². The summed E-state index contributed by atoms with van der Waals surface area (Å²) in [5, 5.41) is 3.75. The molecule has 1 saturated heterocycles. The van der Waals surface area contributed by atoms with Crippen LogP contribution in [0.25, 0.3) is 0 Å². The summed E-state index contributed by atoms with van der Waals surface area (Å²) >= 11 is 5.98. The molecule has 1 N–H and O–H groups in total. The lowest BCUT2D eigenvalue weighted by atomic mass is 10.1. The molecular weight excluding hydrogens is 404 g/mol. The Hall–Kier alpha value is -2.28. The molecule has 1 fully saturated rings. The Morgan fingerprint density at radius 2 is 1.93 bits per heavy atom. The molecule has 30 heavy (non-hydrogen) atoms. The maximum atomic E-state index is 12.7. The topological polar surface area (TPSA) is 60.0 Å². The maximum Gasteiger partial charge on any atom is 0.237 e. The molecule has 2 aromatic rings. The quantitative estimate of drug-likeness (QED) is 0.692. The van der Waals surface area contributed by atoms with E-state index in [0.717, 1.165) is 24.1 Å². The Kier molecular flexibility index (Phi) is 7.96. The van der Waals surface area contributed by atoms with E-state index < -0.39 is 0 Å². The monoisotopic (exact) mass is 432 g/mol. The number of carbonyl (C=O) groups excluding carboxylic acids is 1. The van der Waals surface area contributed by atoms with Crippen molar-refractivity contribution in [1.82, 2.24) is 10.2 Å². The first kappa shape index (κ1) is 22.4. The van der Waals surface area contributed by atoms with Gasteiger partial charge >= 0.3 is 0 Å². The number of methoxy groups -OCH3 is 2. The van der Waals surface area contributed by atoms with E-state index in [0.29, 0.717) is 36.2 Å². The van der Waals surface area contributed by atoms with Gasteiger partial charge in [0.2, 0.25) is 5.91 Å². The van der Waals surface area contributed by atoms with E-state index in [4.69, 9.17) is 25.8 Å². The van der Waals surface area contributed by atoms with Gasteiger partial charge in [-0.15, -0.1) is 0 Å². The van der Waals surface area contributed by atoms with Gasteiger partial charge in [0.1, 0.15) is 0 Å². The first-order valence-electron chi connectivity index (χ1n) is 10.1. The average Bonchev–Trinajstić information content (AvgIpc) is 2.78. The Morgan fingerprint density at radius 3 is 2.63 bits per heavy atom. The minimum absolute atomic E-state index is 0.0206. The summed E-state index contributed by atoms with van der Waals surface area (Å²) in [6.07, 6.45) is 0.660. The summed E-state index contributed by atoms with van der Waals surface area (Å²) in [7, 11) is 3.23. The minimum Gasteiger partial charge on any atom is -0.493 e. The standard InChI is InChI=1S/C23H29ClN2O4/c1-16(26-12-13-30-22(15-26)18-5-7-19(24)8-6-18)23(27)25-11-10-17-4-9-20(28-2)21(14-17)29-3/h4-9,14,16,22H,10-13,15H2,1-3H3,(H,25,27)/t16-,22-/m1/s1. The van der Waals surface area contributed by atoms with Crippen LogP contribution in [-0.2, 0) is 16.0 Å². The van der Waals surface area contributed by atoms with Crippen LogP contribution < -0.4 is 14.8 Å². The normalized spacial score (nSPS) is 17.9. The number of nitrogens with one attached hydrogen (secondary N) is 1. The van der Waals surface area contributed by atoms with Gasteiger partial charge in [-0.05, 0) is 48.7 Å². The van der Waals surface area contributed by atoms with Crippen molar-refractivity contribution < 1.29 is 19.0 Å². The maximum absolute atomic E-state index is 12.7. The molecule has 0 radical (unpaired) electrons. The highest BCUT2D eigenvalue weighted by Gasteiger charge is 2.28. The number of morpholine rings is 1. The van der Waals surface area contributed by atoms with Gasteiger partial charge < -0.3 is 19.5 Å². The van der Waals surface area contributed by atoms with Crippen LogP contribution >= 0.6 is 11.6 Å². The van der Waals surface area contributed by atoms with E-state index in [2.05, 4.69) is 10.2 Å². The summed E-state index contributed by atoms with van der Waals surface area (Å²) in [5.41, 5.74) is 2.15. The van der Waals surface area contributed by atoms with Crippen LogP contribution in [0.4, 0.5) is 0 Å². The van der Waals surface area contributed by atoms with Crippen LogP contribution in [0.5, 0.6) is 11.5 Å². The molecule has 2 atom stereocenters. The van der Waals surface area contributed by atoms with Crippen LogP contribution in [0.3, 0.4) is 0 Å². The van der Waals surface area contributed by atoms with E-state index >= 15 is 0 Å². The first-order valence-corrected chi connectivity index (χ1v) is 10.5. The van der Waals surface area contributed by atoms with Crippen molar-refractivity contribution in [1.29, 1.82) is 0 Å². The summed E-state index contributed by atoms with van der Waals surface area (Å²) in [6, 6.07) is 13.3. The highest BCUT2D eigenvalue weighted by atomic mass is 35.5. The Labute approximate surface area is 183 Å². The number of ether oxygens (including phenoxy) is 3. The zero-order valence-corrected chi connectivity index (χ0v) is 18.4. The summed E-state index contributed by atoms with van der Waals surface area (Å²) in [4.78, 5) is 14.8. The fourth-order valence-electron chi connectivity index (χ4n) is 3.58. The van der Waals surface area contributed by atoms with Crippen LogP contribution in [0.2, 0.25) is 5.02 Å². The third kappa shape index (κ3) is 5.65. The van der Waals surface area contributed by atoms with E-state index in [9.17, 15) is 4.79 Å². The third-order valence-corrected chi connectivity index (χ3v) is 5.68. The Bertz CT molecular complexity index is 844. The van der Waals surface area contributed by atoms with Crippen LogP contribution in [0.1, 0.15) is 24.2 Å². The number of rotatable bonds is 8. The Morgan fingerprint density at radius 1 is 1.20 bits per heavy atom. The second kappa shape index (κ2) is 10.7. The fraction of sp³-hybridized carbons (Fsp3) is 0.435. The summed E-state index contributed by atoms with van der Waals surface area (Å²) in [5.74, 6) is 1.41. The zero-order valence-electron chi connectivity index (χ0n) is 17.7. The van der Waals surface area contributed by atoms with Crippen molar-refractivity contribution in [3.63, 3.8) is 0 Å². The van der Waals surface area contributed by atoms with Crippen molar-refractivity contribution in [2.24, 2.45) is 0 Å². The second-order valence-electron chi connectivity index (χ2n) is 7.31. The molecular formula is C23H29ClN2O4. The van der Waals surface area contributed by atoms with Gasteiger partial charge in [-0.2, -0.15) is 0 Å². The lowest BCUT2D eigenvalue weighted by molar-refractivity contribution is -0.129. The number of amides is 1. The molecule has 1 aliphatic heterocycles. The minimum atomic E-state index is -0.228. The molecule has 0 unspecified atom stereocenters. The van der Waals surface area contributed by atoms with Gasteiger partial charge in [0.05, 0.1) is 33.0 Å². The van der Waals surface area contributed by atoms with Crippen LogP contribution in [-0.4, -0.2) is 57.3 Å². The number of carbonyl (C=O) groups is 1. The molecule has 0 saturated carbocycles. The van der Waals surface area contributed by atoms with Gasteiger partial charge in [0.25, 0.3) is 0 Å². The van der Waals surface area contributed by atoms with Crippen LogP contribution in [0, 0.1) is 0 Å². The smallest absolute Gasteiger partial charge is 0.237 e. The lowest BCUT2D eigenvalue weighted by Gasteiger charge is -2.36. The molecule has 2 aromatic carbocycles. The third-order valence-electron chi connectivity index (χ3n) is 5.43. The molecule has 7 heteroatoms. The van der Waals surface area contributed by atoms with Crippen molar-refractivity contribution in [3.05, 3.63) is 58.6 Å². The van der Waals surface area contributed by atoms with Crippen molar-refractivity contribution in [2.75, 3.05) is 40.5 Å². The van der Waals surface area contributed by atoms with E-state index in [1.165, 1.54) is 0 Å². The van der Waals surface area contributed by atoms with E-state index in [1.54, 1.807) is 14.2 Å². The molecule has 1 amide bonds. The van der Waals surface area contributed by atoms with E-state index in [-0.39, 0.29) is 18.1 Å². The summed E-state index contributed by atoms with van der Waals surface area (Å²) < 4.78 is 16.5. The van der Waals surface area contributed by atoms with Gasteiger partial charge in [0, 0.05) is 24.7 Å². The van der Waals surface area contributed by atoms with Crippen molar-refractivity contribution in [3.8, 4) is 11.5 Å². The molecule has 0 bridgehead atoms. The molecule has 0 spiro atoms. The van der Waals surface area contributed by atoms with E-state index in [1.807, 2.05) is 49.4 Å². The lowest BCUT2D eigenvalue weighted by Crippen LogP contribution is -2.50. The number of hydrogen-bond acceptors (Lipinski definition) is 5. The SMILES string of the molecule is COc1ccc(CCNC(=O)[C@@H](C)N2CCO[C@@H](c3ccc(Cl)cc3)C2)cc1OC. The van der Waals surface area contributed by atoms with Gasteiger partial charge in [-0.3, -0.25) is 9.69 Å².